The number of cyclic esters (lactones) is 4. The van der Waals surface area contributed by atoms with Crippen LogP contribution in [0.2, 0.25) is 0 Å². The maximum Gasteiger partial charge on any atom is 0.348 e. The molecule has 4 N–H and O–H groups in total. The summed E-state index contributed by atoms with van der Waals surface area (Å²) < 4.78 is 22.0. The highest BCUT2D eigenvalue weighted by Gasteiger charge is 2.47. The summed E-state index contributed by atoms with van der Waals surface area (Å²) >= 11 is 0. The summed E-state index contributed by atoms with van der Waals surface area (Å²) in [5.74, 6) is -6.59. The fourth-order valence-electron chi connectivity index (χ4n) is 4.73. The number of phenols is 1. The zero-order valence-corrected chi connectivity index (χ0v) is 26.9. The maximum atomic E-state index is 13.5. The number of hydrogen-bond donors (Lipinski definition) is 4. The van der Waals surface area contributed by atoms with Crippen molar-refractivity contribution in [2.24, 2.45) is 11.3 Å². The lowest BCUT2D eigenvalue weighted by molar-refractivity contribution is -0.189. The maximum absolute atomic E-state index is 13.5. The zero-order valence-electron chi connectivity index (χ0n) is 26.9. The van der Waals surface area contributed by atoms with Gasteiger partial charge in [-0.1, -0.05) is 50.2 Å². The molecule has 0 bridgehead atoms. The average Bonchev–Trinajstić information content (AvgIpc) is 3.02. The molecule has 0 radical (unpaired) electrons. The summed E-state index contributed by atoms with van der Waals surface area (Å²) in [5.41, 5.74) is -1.48. The Morgan fingerprint density at radius 2 is 1.57 bits per heavy atom. The minimum Gasteiger partial charge on any atom is -0.505 e. The molecule has 1 aliphatic rings. The van der Waals surface area contributed by atoms with Gasteiger partial charge in [-0.15, -0.1) is 0 Å². The number of phenolic OH excluding ortho intramolecular Hbond substituents is 1. The summed E-state index contributed by atoms with van der Waals surface area (Å²) in [6, 6.07) is 10.9. The average molecular weight is 657 g/mol. The third kappa shape index (κ3) is 8.85. The van der Waals surface area contributed by atoms with Gasteiger partial charge in [-0.3, -0.25) is 14.4 Å². The number of amides is 2. The number of carbonyl (C=O) groups is 6. The summed E-state index contributed by atoms with van der Waals surface area (Å²) in [7, 11) is 0. The number of carbonyl (C=O) groups excluding carboxylic acids is 6. The zero-order chi connectivity index (χ0) is 35.1. The van der Waals surface area contributed by atoms with Gasteiger partial charge < -0.3 is 39.8 Å². The van der Waals surface area contributed by atoms with Crippen molar-refractivity contribution in [1.82, 2.24) is 5.32 Å². The first-order valence-corrected chi connectivity index (χ1v) is 15.0. The fraction of sp³-hybridized carbons (Fsp3) is 0.455. The molecule has 1 saturated heterocycles. The molecular formula is C33H40N2O12. The summed E-state index contributed by atoms with van der Waals surface area (Å²) in [6.45, 7) is 8.38. The van der Waals surface area contributed by atoms with Crippen LogP contribution in [0.25, 0.3) is 0 Å². The van der Waals surface area contributed by atoms with E-state index in [1.807, 2.05) is 0 Å². The van der Waals surface area contributed by atoms with E-state index >= 15 is 0 Å². The van der Waals surface area contributed by atoms with Crippen LogP contribution < -0.4 is 10.6 Å². The number of aromatic hydroxyl groups is 1. The van der Waals surface area contributed by atoms with Gasteiger partial charge in [0.15, 0.2) is 17.9 Å². The van der Waals surface area contributed by atoms with E-state index in [1.165, 1.54) is 45.9 Å². The third-order valence-electron chi connectivity index (χ3n) is 7.67. The minimum absolute atomic E-state index is 0.0298. The second kappa shape index (κ2) is 15.5. The Balaban J connectivity index is 2.03. The number of rotatable bonds is 7. The Hall–Kier alpha value is -4.98. The first-order chi connectivity index (χ1) is 22.1. The van der Waals surface area contributed by atoms with Crippen LogP contribution in [0.1, 0.15) is 57.5 Å². The van der Waals surface area contributed by atoms with Crippen LogP contribution in [0.4, 0.5) is 5.69 Å². The van der Waals surface area contributed by atoms with Crippen molar-refractivity contribution in [3.8, 4) is 5.75 Å². The quantitative estimate of drug-likeness (QED) is 0.146. The molecule has 2 aromatic carbocycles. The Kier molecular flexibility index (Phi) is 12.1. The molecule has 1 fully saturated rings. The number of aliphatic hydroxyl groups excluding tert-OH is 1. The first kappa shape index (κ1) is 36.5. The number of ether oxygens (including phenoxy) is 4. The smallest absolute Gasteiger partial charge is 0.348 e. The van der Waals surface area contributed by atoms with E-state index in [4.69, 9.17) is 18.9 Å². The van der Waals surface area contributed by atoms with Gasteiger partial charge in [0, 0.05) is 12.3 Å². The largest absolute Gasteiger partial charge is 0.505 e. The van der Waals surface area contributed by atoms with Crippen LogP contribution in [-0.2, 0) is 49.3 Å². The van der Waals surface area contributed by atoms with E-state index in [0.29, 0.717) is 12.0 Å². The number of esters is 4. The predicted octanol–water partition coefficient (Wildman–Crippen LogP) is 2.05. The van der Waals surface area contributed by atoms with Gasteiger partial charge >= 0.3 is 23.9 Å². The summed E-state index contributed by atoms with van der Waals surface area (Å²) in [4.78, 5) is 77.7. The Labute approximate surface area is 271 Å². The molecule has 47 heavy (non-hydrogen) atoms. The molecule has 0 spiro atoms. The van der Waals surface area contributed by atoms with Crippen LogP contribution in [0.15, 0.2) is 48.5 Å². The second-order valence-corrected chi connectivity index (χ2v) is 12.0. The van der Waals surface area contributed by atoms with Crippen molar-refractivity contribution in [3.05, 3.63) is 59.7 Å². The van der Waals surface area contributed by atoms with Crippen LogP contribution in [0, 0.1) is 11.3 Å². The first-order valence-electron chi connectivity index (χ1n) is 15.0. The van der Waals surface area contributed by atoms with Crippen LogP contribution >= 0.6 is 0 Å². The molecule has 254 valence electrons. The second-order valence-electron chi connectivity index (χ2n) is 12.0. The highest BCUT2D eigenvalue weighted by Crippen LogP contribution is 2.31. The lowest BCUT2D eigenvalue weighted by Crippen LogP contribution is -2.52. The molecule has 6 atom stereocenters. The van der Waals surface area contributed by atoms with Crippen LogP contribution in [0.3, 0.4) is 0 Å². The molecule has 0 aliphatic carbocycles. The topological polar surface area (TPSA) is 204 Å². The molecular weight excluding hydrogens is 616 g/mol. The molecule has 14 nitrogen and oxygen atoms in total. The van der Waals surface area contributed by atoms with E-state index in [0.717, 1.165) is 0 Å². The lowest BCUT2D eigenvalue weighted by atomic mass is 9.81. The number of para-hydroxylation sites is 1. The number of benzene rings is 2. The number of aliphatic hydroxyl groups is 1. The van der Waals surface area contributed by atoms with E-state index in [1.54, 1.807) is 44.2 Å². The van der Waals surface area contributed by atoms with Gasteiger partial charge in [0.2, 0.25) is 12.5 Å². The van der Waals surface area contributed by atoms with E-state index < -0.39 is 83.4 Å². The number of nitrogens with one attached hydrogen (secondary N) is 2. The van der Waals surface area contributed by atoms with Crippen molar-refractivity contribution in [3.63, 3.8) is 0 Å². The standard InChI is InChI=1S/C33H40N2O12/c1-17(2)26-31(42)44-18(3)24(35-28(39)21-13-10-14-22(25(21)37)34-16-36)30(41)45-19(4)29(40)46-23(15-20-11-8-7-9-12-20)27(38)33(5,6)32(43)47-26/h7-14,16-19,23-24,26-27,37-38H,15H2,1-6H3,(H,34,36)(H,35,39)/t18-,19?,23?,24+,26?,27?/m1/s1. The van der Waals surface area contributed by atoms with Gasteiger partial charge in [-0.05, 0) is 45.4 Å². The van der Waals surface area contributed by atoms with Crippen molar-refractivity contribution in [2.75, 3.05) is 5.32 Å². The lowest BCUT2D eigenvalue weighted by Gasteiger charge is -2.35. The highest BCUT2D eigenvalue weighted by atomic mass is 16.6. The Bertz CT molecular complexity index is 1480. The molecule has 2 aromatic rings. The fourth-order valence-corrected chi connectivity index (χ4v) is 4.73. The van der Waals surface area contributed by atoms with E-state index in [9.17, 15) is 39.0 Å². The normalized spacial score (nSPS) is 25.6. The van der Waals surface area contributed by atoms with Crippen molar-refractivity contribution in [2.45, 2.75) is 84.5 Å². The van der Waals surface area contributed by atoms with Crippen LogP contribution in [-0.4, -0.2) is 83.0 Å². The van der Waals surface area contributed by atoms with E-state index in [2.05, 4.69) is 10.6 Å². The van der Waals surface area contributed by atoms with Gasteiger partial charge in [0.25, 0.3) is 5.91 Å². The van der Waals surface area contributed by atoms with Crippen molar-refractivity contribution < 1.29 is 57.9 Å². The molecule has 2 amide bonds. The predicted molar refractivity (Wildman–Crippen MR) is 165 cm³/mol. The molecule has 3 rings (SSSR count). The van der Waals surface area contributed by atoms with Crippen molar-refractivity contribution >= 4 is 41.9 Å². The third-order valence-corrected chi connectivity index (χ3v) is 7.67. The minimum atomic E-state index is -1.75. The Morgan fingerprint density at radius 3 is 2.19 bits per heavy atom. The molecule has 1 heterocycles. The van der Waals surface area contributed by atoms with Crippen molar-refractivity contribution in [1.29, 1.82) is 0 Å². The number of anilines is 1. The molecule has 4 unspecified atom stereocenters. The molecule has 0 saturated carbocycles. The number of hydrogen-bond acceptors (Lipinski definition) is 12. The summed E-state index contributed by atoms with van der Waals surface area (Å²) in [5, 5.41) is 26.5. The monoisotopic (exact) mass is 656 g/mol. The van der Waals surface area contributed by atoms with Gasteiger partial charge in [-0.2, -0.15) is 0 Å². The van der Waals surface area contributed by atoms with Crippen LogP contribution in [0.5, 0.6) is 5.75 Å². The highest BCUT2D eigenvalue weighted by molar-refractivity contribution is 6.01. The van der Waals surface area contributed by atoms with E-state index in [-0.39, 0.29) is 17.7 Å². The van der Waals surface area contributed by atoms with Gasteiger partial charge in [-0.25, -0.2) is 14.4 Å². The SMILES string of the molecule is CC1OC(=O)[C@@H](NC(=O)c2cccc(NC=O)c2O)[C@@H](C)OC(=O)C(C(C)C)OC(=O)C(C)(C)C(O)C(Cc2ccccc2)OC1=O. The molecule has 0 aromatic heterocycles. The van der Waals surface area contributed by atoms with Gasteiger partial charge in [0.1, 0.15) is 18.3 Å². The molecule has 14 heteroatoms. The summed E-state index contributed by atoms with van der Waals surface area (Å²) in [6.07, 6.45) is -7.26. The molecule has 1 aliphatic heterocycles. The van der Waals surface area contributed by atoms with Gasteiger partial charge in [0.05, 0.1) is 16.7 Å². The Morgan fingerprint density at radius 1 is 0.915 bits per heavy atom.